The maximum atomic E-state index is 13.7. The molecular formula is C42H53N9O9S. The van der Waals surface area contributed by atoms with Gasteiger partial charge in [-0.05, 0) is 104 Å². The minimum atomic E-state index is -2.28. The first-order valence-electron chi connectivity index (χ1n) is 19.8. The molecule has 0 radical (unpaired) electrons. The van der Waals surface area contributed by atoms with Crippen LogP contribution >= 0.6 is 0 Å². The highest BCUT2D eigenvalue weighted by Gasteiger charge is 2.25. The SMILES string of the molecule is Cc1cc(-c2ccc(NC(=O)[C@@H](CCCCN)NC(=O)CN3CCN(COC=O)CCN(CC(=O)O)CC3)c(C)c2)ccc1N=Nc1ccc2c(S(=O)O)ccc(N)c2c1O. The molecule has 326 valence electrons. The molecule has 0 saturated carbocycles. The number of carbonyl (C=O) groups is 4. The zero-order valence-electron chi connectivity index (χ0n) is 34.2. The van der Waals surface area contributed by atoms with Crippen LogP contribution in [-0.2, 0) is 35.0 Å². The molecular weight excluding hydrogens is 807 g/mol. The number of phenols is 1. The number of rotatable bonds is 18. The molecule has 0 spiro atoms. The molecule has 19 heteroatoms. The van der Waals surface area contributed by atoms with Crippen LogP contribution < -0.4 is 22.1 Å². The smallest absolute Gasteiger partial charge is 0.317 e. The number of amides is 2. The van der Waals surface area contributed by atoms with Gasteiger partial charge in [0.15, 0.2) is 16.8 Å². The molecule has 1 aliphatic rings. The maximum Gasteiger partial charge on any atom is 0.317 e. The van der Waals surface area contributed by atoms with Crippen molar-refractivity contribution in [3.8, 4) is 16.9 Å². The molecule has 18 nitrogen and oxygen atoms in total. The van der Waals surface area contributed by atoms with E-state index in [4.69, 9.17) is 16.2 Å². The van der Waals surface area contributed by atoms with Gasteiger partial charge >= 0.3 is 5.97 Å². The number of azo groups is 1. The van der Waals surface area contributed by atoms with E-state index in [-0.39, 0.29) is 59.0 Å². The number of carboxylic acid groups (broad SMARTS) is 1. The summed E-state index contributed by atoms with van der Waals surface area (Å²) in [5.74, 6) is -1.94. The van der Waals surface area contributed by atoms with Gasteiger partial charge in [0.25, 0.3) is 6.47 Å². The number of hydrogen-bond acceptors (Lipinski definition) is 14. The van der Waals surface area contributed by atoms with Gasteiger partial charge in [-0.2, -0.15) is 5.11 Å². The topological polar surface area (TPSA) is 266 Å². The predicted molar refractivity (Wildman–Crippen MR) is 232 cm³/mol. The van der Waals surface area contributed by atoms with Gasteiger partial charge in [-0.1, -0.05) is 18.2 Å². The highest BCUT2D eigenvalue weighted by molar-refractivity contribution is 7.79. The molecule has 0 bridgehead atoms. The number of benzene rings is 4. The molecule has 1 aliphatic heterocycles. The zero-order valence-corrected chi connectivity index (χ0v) is 35.0. The Morgan fingerprint density at radius 1 is 0.869 bits per heavy atom. The van der Waals surface area contributed by atoms with Crippen LogP contribution in [0, 0.1) is 13.8 Å². The first-order chi connectivity index (χ1) is 29.3. The Morgan fingerprint density at radius 2 is 1.49 bits per heavy atom. The van der Waals surface area contributed by atoms with E-state index in [0.29, 0.717) is 88.3 Å². The molecule has 5 rings (SSSR count). The summed E-state index contributed by atoms with van der Waals surface area (Å²) in [6, 6.07) is 16.4. The van der Waals surface area contributed by atoms with Crippen molar-refractivity contribution in [1.29, 1.82) is 0 Å². The fraction of sp³-hybridized carbons (Fsp3) is 0.381. The third-order valence-corrected chi connectivity index (χ3v) is 11.2. The Labute approximate surface area is 356 Å². The van der Waals surface area contributed by atoms with Crippen molar-refractivity contribution in [3.63, 3.8) is 0 Å². The highest BCUT2D eigenvalue weighted by Crippen LogP contribution is 2.41. The van der Waals surface area contributed by atoms with Crippen molar-refractivity contribution in [1.82, 2.24) is 20.0 Å². The minimum Gasteiger partial charge on any atom is -0.505 e. The van der Waals surface area contributed by atoms with Crippen molar-refractivity contribution in [2.45, 2.75) is 44.0 Å². The van der Waals surface area contributed by atoms with E-state index in [2.05, 4.69) is 20.9 Å². The lowest BCUT2D eigenvalue weighted by atomic mass is 10.00. The molecule has 1 unspecified atom stereocenters. The summed E-state index contributed by atoms with van der Waals surface area (Å²) in [5.41, 5.74) is 16.7. The number of anilines is 2. The molecule has 61 heavy (non-hydrogen) atoms. The Bertz CT molecular complexity index is 2280. The van der Waals surface area contributed by atoms with E-state index in [1.165, 1.54) is 18.2 Å². The van der Waals surface area contributed by atoms with Gasteiger partial charge in [0.2, 0.25) is 11.8 Å². The average Bonchev–Trinajstić information content (AvgIpc) is 3.30. The van der Waals surface area contributed by atoms with Gasteiger partial charge < -0.3 is 41.6 Å². The van der Waals surface area contributed by atoms with Gasteiger partial charge in [0.1, 0.15) is 18.5 Å². The molecule has 1 fully saturated rings. The van der Waals surface area contributed by atoms with E-state index in [0.717, 1.165) is 22.3 Å². The van der Waals surface area contributed by atoms with Gasteiger partial charge in [-0.15, -0.1) is 5.11 Å². The second-order valence-electron chi connectivity index (χ2n) is 14.8. The number of ether oxygens (including phenoxy) is 1. The second-order valence-corrected chi connectivity index (χ2v) is 15.8. The molecule has 1 saturated heterocycles. The fourth-order valence-corrected chi connectivity index (χ4v) is 7.61. The number of nitrogen functional groups attached to an aromatic ring is 1. The lowest BCUT2D eigenvalue weighted by molar-refractivity contribution is -0.138. The standard InChI is InChI=1S/C42H53N9O9S/c1-27-21-29(30-7-11-34(28(2)22-30)47-48-35-12-8-31-37(61(58)59)13-9-32(44)40(31)41(35)56)6-10-33(27)46-42(57)36(5-3-4-14-43)45-38(53)23-49-15-16-50(24-39(54)55)18-20-51(19-17-49)25-60-26-52/h6-13,21-22,26,36,56H,3-5,14-20,23-25,43-44H2,1-2H3,(H,45,53)(H,46,57)(H,54,55)(H,58,59)/t36-/m1/s1. The number of carbonyl (C=O) groups excluding carboxylic acids is 3. The van der Waals surface area contributed by atoms with Crippen LogP contribution in [0.15, 0.2) is 75.8 Å². The monoisotopic (exact) mass is 859 g/mol. The van der Waals surface area contributed by atoms with Crippen molar-refractivity contribution in [3.05, 3.63) is 71.8 Å². The quantitative estimate of drug-likeness (QED) is 0.0244. The van der Waals surface area contributed by atoms with Crippen LogP contribution in [0.5, 0.6) is 5.75 Å². The van der Waals surface area contributed by atoms with Crippen molar-refractivity contribution in [2.24, 2.45) is 16.0 Å². The van der Waals surface area contributed by atoms with E-state index in [1.807, 2.05) is 54.0 Å². The highest BCUT2D eigenvalue weighted by atomic mass is 32.2. The first kappa shape index (κ1) is 46.2. The Balaban J connectivity index is 1.25. The normalized spacial score (nSPS) is 15.4. The van der Waals surface area contributed by atoms with Crippen LogP contribution in [-0.4, -0.2) is 130 Å². The zero-order chi connectivity index (χ0) is 44.1. The Morgan fingerprint density at radius 3 is 2.11 bits per heavy atom. The number of hydrogen-bond donors (Lipinski definition) is 7. The van der Waals surface area contributed by atoms with Crippen molar-refractivity contribution < 1.29 is 42.9 Å². The largest absolute Gasteiger partial charge is 0.505 e. The van der Waals surface area contributed by atoms with E-state index < -0.39 is 23.1 Å². The number of aromatic hydroxyl groups is 1. The Hall–Kier alpha value is -5.83. The van der Waals surface area contributed by atoms with E-state index >= 15 is 0 Å². The average molecular weight is 860 g/mol. The van der Waals surface area contributed by atoms with Crippen molar-refractivity contribution >= 4 is 68.9 Å². The molecule has 9 N–H and O–H groups in total. The summed E-state index contributed by atoms with van der Waals surface area (Å²) in [6.45, 7) is 7.16. The number of fused-ring (bicyclic) bond motifs is 1. The number of aryl methyl sites for hydroxylation is 2. The summed E-state index contributed by atoms with van der Waals surface area (Å²) in [7, 11) is 0. The van der Waals surface area contributed by atoms with Crippen LogP contribution in [0.4, 0.5) is 22.7 Å². The molecule has 0 aliphatic carbocycles. The Kier molecular flexibility index (Phi) is 16.8. The third-order valence-electron chi connectivity index (χ3n) is 10.4. The number of nitrogens with two attached hydrogens (primary N) is 2. The molecule has 2 amide bonds. The van der Waals surface area contributed by atoms with Crippen LogP contribution in [0.1, 0.15) is 30.4 Å². The molecule has 0 aromatic heterocycles. The van der Waals surface area contributed by atoms with Crippen molar-refractivity contribution in [2.75, 3.05) is 76.7 Å². The van der Waals surface area contributed by atoms with Gasteiger partial charge in [0.05, 0.1) is 29.1 Å². The van der Waals surface area contributed by atoms with Crippen LogP contribution in [0.2, 0.25) is 0 Å². The van der Waals surface area contributed by atoms with Crippen LogP contribution in [0.25, 0.3) is 21.9 Å². The van der Waals surface area contributed by atoms with Gasteiger partial charge in [0, 0.05) is 56.0 Å². The first-order valence-corrected chi connectivity index (χ1v) is 20.9. The predicted octanol–water partition coefficient (Wildman–Crippen LogP) is 4.09. The summed E-state index contributed by atoms with van der Waals surface area (Å²) in [6.07, 6.45) is 1.67. The van der Waals surface area contributed by atoms with Crippen LogP contribution in [0.3, 0.4) is 0 Å². The lowest BCUT2D eigenvalue weighted by Crippen LogP contribution is -2.49. The minimum absolute atomic E-state index is 0.0193. The number of nitrogens with one attached hydrogen (secondary N) is 2. The van der Waals surface area contributed by atoms with E-state index in [1.54, 1.807) is 17.0 Å². The number of carboxylic acids is 1. The number of nitrogens with zero attached hydrogens (tertiary/aromatic N) is 5. The third kappa shape index (κ3) is 12.8. The molecule has 4 aromatic carbocycles. The maximum absolute atomic E-state index is 13.7. The summed E-state index contributed by atoms with van der Waals surface area (Å²) >= 11 is -2.28. The summed E-state index contributed by atoms with van der Waals surface area (Å²) in [4.78, 5) is 55.1. The second kappa shape index (κ2) is 22.1. The number of unbranched alkanes of at least 4 members (excludes halogenated alkanes) is 1. The van der Waals surface area contributed by atoms with E-state index in [9.17, 15) is 38.2 Å². The summed E-state index contributed by atoms with van der Waals surface area (Å²) < 4.78 is 26.4. The van der Waals surface area contributed by atoms with Gasteiger partial charge in [-0.25, -0.2) is 4.21 Å². The summed E-state index contributed by atoms with van der Waals surface area (Å²) in [5, 5.41) is 35.4. The molecule has 1 heterocycles. The molecule has 4 aromatic rings. The lowest BCUT2D eigenvalue weighted by Gasteiger charge is -2.26. The fourth-order valence-electron chi connectivity index (χ4n) is 7.07. The number of aliphatic carboxylic acids is 1. The number of phenolic OH excluding ortho intramolecular Hbond substituents is 1. The molecule has 2 atom stereocenters. The van der Waals surface area contributed by atoms with Gasteiger partial charge in [-0.3, -0.25) is 33.9 Å².